The number of aliphatic hydroxyl groups is 3. The molecule has 1 aromatic heterocycles. The zero-order valence-corrected chi connectivity index (χ0v) is 30.9. The maximum absolute atomic E-state index is 14.3. The second-order valence-corrected chi connectivity index (χ2v) is 13.4. The summed E-state index contributed by atoms with van der Waals surface area (Å²) >= 11 is 0. The van der Waals surface area contributed by atoms with Crippen molar-refractivity contribution in [2.45, 2.75) is 83.4 Å². The van der Waals surface area contributed by atoms with Gasteiger partial charge in [-0.1, -0.05) is 24.3 Å². The maximum atomic E-state index is 14.3. The highest BCUT2D eigenvalue weighted by atomic mass is 16.5. The number of hydrogen-bond donors (Lipinski definition) is 4. The van der Waals surface area contributed by atoms with E-state index in [0.717, 1.165) is 5.56 Å². The molecule has 53 heavy (non-hydrogen) atoms. The SMILES string of the molecule is CCOc1ccc2c(c1)CC(NCCCCO)C(=O)N2c1ccc2c(c1)[C@@](O)([C@H](C)/C=C/CCn1cc(CCO)nn1)C(=O)N2CCCCC(=O)OC. The van der Waals surface area contributed by atoms with Gasteiger partial charge in [0.15, 0.2) is 5.60 Å². The van der Waals surface area contributed by atoms with Crippen LogP contribution in [-0.4, -0.2) is 94.2 Å². The van der Waals surface area contributed by atoms with Crippen LogP contribution in [0.5, 0.6) is 5.75 Å². The summed E-state index contributed by atoms with van der Waals surface area (Å²) in [5.41, 5.74) is 1.84. The van der Waals surface area contributed by atoms with Crippen LogP contribution >= 0.6 is 0 Å². The normalized spacial score (nSPS) is 18.8. The van der Waals surface area contributed by atoms with Gasteiger partial charge < -0.3 is 35.0 Å². The zero-order valence-electron chi connectivity index (χ0n) is 30.9. The number of hydrogen-bond acceptors (Lipinski definition) is 11. The standard InChI is InChI=1S/C39H52N6O8/c1-4-53-31-14-16-34-28(23-31)24-33(40-18-7-10-21-46)37(49)45(34)30-13-15-35-32(25-30)39(51,38(50)44(35)20-9-6-12-36(48)52-3)27(2)11-5-8-19-43-26-29(17-22-47)41-42-43/h5,11,13-16,23,25-27,33,40,46-47,51H,4,6-10,12,17-22,24H2,1-3H3/b11-5+/t27-,33?,39+/m1/s1. The minimum atomic E-state index is -1.94. The van der Waals surface area contributed by atoms with Crippen molar-refractivity contribution < 1.29 is 39.2 Å². The Morgan fingerprint density at radius 2 is 1.89 bits per heavy atom. The second-order valence-electron chi connectivity index (χ2n) is 13.4. The number of nitrogens with one attached hydrogen (secondary N) is 1. The zero-order chi connectivity index (χ0) is 38.0. The number of fused-ring (bicyclic) bond motifs is 2. The molecule has 286 valence electrons. The lowest BCUT2D eigenvalue weighted by Gasteiger charge is -2.35. The van der Waals surface area contributed by atoms with E-state index in [1.54, 1.807) is 45.8 Å². The van der Waals surface area contributed by atoms with Gasteiger partial charge in [0.05, 0.1) is 36.8 Å². The number of aromatic nitrogens is 3. The van der Waals surface area contributed by atoms with Crippen LogP contribution in [0.2, 0.25) is 0 Å². The quantitative estimate of drug-likeness (QED) is 0.0761. The number of rotatable bonds is 20. The lowest BCUT2D eigenvalue weighted by molar-refractivity contribution is -0.140. The average molecular weight is 733 g/mol. The van der Waals surface area contributed by atoms with Crippen LogP contribution in [0.15, 0.2) is 54.7 Å². The van der Waals surface area contributed by atoms with Crippen LogP contribution in [0.3, 0.4) is 0 Å². The first kappa shape index (κ1) is 39.6. The molecule has 2 aliphatic heterocycles. The summed E-state index contributed by atoms with van der Waals surface area (Å²) in [7, 11) is 1.34. The van der Waals surface area contributed by atoms with Crippen molar-refractivity contribution in [1.29, 1.82) is 0 Å². The van der Waals surface area contributed by atoms with E-state index in [9.17, 15) is 29.7 Å². The molecule has 0 saturated heterocycles. The molecule has 2 aromatic carbocycles. The molecule has 1 unspecified atom stereocenters. The molecular weight excluding hydrogens is 680 g/mol. The minimum Gasteiger partial charge on any atom is -0.494 e. The van der Waals surface area contributed by atoms with Gasteiger partial charge in [-0.15, -0.1) is 5.10 Å². The van der Waals surface area contributed by atoms with E-state index in [2.05, 4.69) is 15.6 Å². The fourth-order valence-electron chi connectivity index (χ4n) is 6.98. The molecule has 4 N–H and O–H groups in total. The topological polar surface area (TPSA) is 180 Å². The van der Waals surface area contributed by atoms with E-state index in [0.29, 0.717) is 98.7 Å². The summed E-state index contributed by atoms with van der Waals surface area (Å²) in [4.78, 5) is 43.5. The van der Waals surface area contributed by atoms with Gasteiger partial charge in [-0.2, -0.15) is 0 Å². The molecule has 14 nitrogen and oxygen atoms in total. The molecular formula is C39H52N6O8. The van der Waals surface area contributed by atoms with E-state index in [-0.39, 0.29) is 38.1 Å². The molecule has 3 heterocycles. The first-order valence-electron chi connectivity index (χ1n) is 18.5. The van der Waals surface area contributed by atoms with Gasteiger partial charge in [-0.3, -0.25) is 24.0 Å². The Morgan fingerprint density at radius 1 is 1.08 bits per heavy atom. The molecule has 2 aliphatic rings. The van der Waals surface area contributed by atoms with E-state index in [1.807, 2.05) is 37.3 Å². The molecule has 0 spiro atoms. The molecule has 0 radical (unpaired) electrons. The summed E-state index contributed by atoms with van der Waals surface area (Å²) in [6, 6.07) is 10.4. The van der Waals surface area contributed by atoms with Gasteiger partial charge >= 0.3 is 5.97 Å². The Kier molecular flexibility index (Phi) is 13.8. The molecule has 3 atom stereocenters. The third kappa shape index (κ3) is 8.95. The number of anilines is 3. The molecule has 0 saturated carbocycles. The smallest absolute Gasteiger partial charge is 0.305 e. The molecule has 0 aliphatic carbocycles. The van der Waals surface area contributed by atoms with Crippen molar-refractivity contribution in [2.24, 2.45) is 5.92 Å². The molecule has 0 fully saturated rings. The van der Waals surface area contributed by atoms with Gasteiger partial charge in [-0.05, 0) is 94.0 Å². The highest BCUT2D eigenvalue weighted by Crippen LogP contribution is 2.48. The van der Waals surface area contributed by atoms with Crippen LogP contribution in [0.1, 0.15) is 69.2 Å². The van der Waals surface area contributed by atoms with Crippen LogP contribution in [0, 0.1) is 5.92 Å². The first-order chi connectivity index (χ1) is 25.7. The number of ether oxygens (including phenoxy) is 2. The molecule has 2 amide bonds. The number of carbonyl (C=O) groups excluding carboxylic acids is 3. The predicted octanol–water partition coefficient (Wildman–Crippen LogP) is 3.32. The molecule has 0 bridgehead atoms. The first-order valence-corrected chi connectivity index (χ1v) is 18.5. The van der Waals surface area contributed by atoms with E-state index >= 15 is 0 Å². The Morgan fingerprint density at radius 3 is 2.64 bits per heavy atom. The van der Waals surface area contributed by atoms with Gasteiger partial charge in [0.1, 0.15) is 5.75 Å². The number of aryl methyl sites for hydroxylation is 1. The number of aliphatic hydroxyl groups excluding tert-OH is 2. The summed E-state index contributed by atoms with van der Waals surface area (Å²) in [6.07, 6.45) is 9.53. The molecule has 14 heteroatoms. The fourth-order valence-corrected chi connectivity index (χ4v) is 6.98. The number of methoxy groups -OCH3 is 1. The Hall–Kier alpha value is -4.63. The van der Waals surface area contributed by atoms with E-state index in [4.69, 9.17) is 9.47 Å². The van der Waals surface area contributed by atoms with Crippen molar-refractivity contribution in [1.82, 2.24) is 20.3 Å². The summed E-state index contributed by atoms with van der Waals surface area (Å²) in [5, 5.41) is 42.5. The average Bonchev–Trinajstić information content (AvgIpc) is 3.69. The van der Waals surface area contributed by atoms with Crippen molar-refractivity contribution in [2.75, 3.05) is 49.8 Å². The fraction of sp³-hybridized carbons (Fsp3) is 0.513. The summed E-state index contributed by atoms with van der Waals surface area (Å²) in [5.74, 6) is -0.911. The number of unbranched alkanes of at least 4 members (excludes halogenated alkanes) is 2. The number of allylic oxidation sites excluding steroid dienone is 1. The van der Waals surface area contributed by atoms with Crippen molar-refractivity contribution in [3.8, 4) is 5.75 Å². The third-order valence-corrected chi connectivity index (χ3v) is 9.83. The van der Waals surface area contributed by atoms with Gasteiger partial charge in [0, 0.05) is 62.5 Å². The minimum absolute atomic E-state index is 0.00954. The predicted molar refractivity (Wildman–Crippen MR) is 199 cm³/mol. The van der Waals surface area contributed by atoms with Gasteiger partial charge in [0.25, 0.3) is 5.91 Å². The Labute approximate surface area is 310 Å². The van der Waals surface area contributed by atoms with Gasteiger partial charge in [0.2, 0.25) is 5.91 Å². The second kappa shape index (κ2) is 18.4. The van der Waals surface area contributed by atoms with Crippen LogP contribution in [0.25, 0.3) is 0 Å². The van der Waals surface area contributed by atoms with Crippen LogP contribution in [-0.2, 0) is 44.1 Å². The van der Waals surface area contributed by atoms with Gasteiger partial charge in [-0.25, -0.2) is 0 Å². The van der Waals surface area contributed by atoms with Crippen molar-refractivity contribution in [3.05, 3.63) is 71.6 Å². The number of esters is 1. The Balaban J connectivity index is 1.47. The Bertz CT molecular complexity index is 1760. The largest absolute Gasteiger partial charge is 0.494 e. The van der Waals surface area contributed by atoms with Crippen molar-refractivity contribution >= 4 is 34.8 Å². The number of benzene rings is 2. The van der Waals surface area contributed by atoms with Crippen LogP contribution < -0.4 is 19.9 Å². The number of nitrogens with zero attached hydrogens (tertiary/aromatic N) is 5. The monoisotopic (exact) mass is 732 g/mol. The molecule has 3 aromatic rings. The number of amides is 2. The van der Waals surface area contributed by atoms with Crippen LogP contribution in [0.4, 0.5) is 17.1 Å². The summed E-state index contributed by atoms with van der Waals surface area (Å²) in [6.45, 7) is 5.64. The van der Waals surface area contributed by atoms with Crippen molar-refractivity contribution in [3.63, 3.8) is 0 Å². The van der Waals surface area contributed by atoms with E-state index < -0.39 is 23.5 Å². The molecule has 5 rings (SSSR count). The highest BCUT2D eigenvalue weighted by Gasteiger charge is 2.52. The maximum Gasteiger partial charge on any atom is 0.305 e. The highest BCUT2D eigenvalue weighted by molar-refractivity contribution is 6.10. The van der Waals surface area contributed by atoms with E-state index in [1.165, 1.54) is 7.11 Å². The lowest BCUT2D eigenvalue weighted by Crippen LogP contribution is -2.49. The summed E-state index contributed by atoms with van der Waals surface area (Å²) < 4.78 is 12.2. The lowest BCUT2D eigenvalue weighted by atomic mass is 9.82. The third-order valence-electron chi connectivity index (χ3n) is 9.83. The number of carbonyl (C=O) groups is 3.